The Morgan fingerprint density at radius 1 is 1.13 bits per heavy atom. The quantitative estimate of drug-likeness (QED) is 0.785. The second-order valence-corrected chi connectivity index (χ2v) is 9.22. The van der Waals surface area contributed by atoms with Crippen molar-refractivity contribution in [1.29, 1.82) is 0 Å². The Bertz CT molecular complexity index is 1080. The van der Waals surface area contributed by atoms with Crippen molar-refractivity contribution in [3.05, 3.63) is 60.2 Å². The van der Waals surface area contributed by atoms with Crippen LogP contribution < -0.4 is 10.4 Å². The van der Waals surface area contributed by atoms with Crippen LogP contribution in [0.2, 0.25) is 0 Å². The SMILES string of the molecule is C[C@H]1N=C(C(=O)N(C)[C@@H](C)c2ccc(S(C)(=O)=O)cc2)NN(c2ccccc2)C1=O. The summed E-state index contributed by atoms with van der Waals surface area (Å²) in [6, 6.07) is 14.3. The molecule has 2 aromatic rings. The monoisotopic (exact) mass is 428 g/mol. The molecule has 1 aliphatic heterocycles. The van der Waals surface area contributed by atoms with Crippen LogP contribution >= 0.6 is 0 Å². The Hall–Kier alpha value is -3.20. The summed E-state index contributed by atoms with van der Waals surface area (Å²) in [5.41, 5.74) is 4.22. The molecular weight excluding hydrogens is 404 g/mol. The highest BCUT2D eigenvalue weighted by Crippen LogP contribution is 2.22. The van der Waals surface area contributed by atoms with Crippen molar-refractivity contribution in [1.82, 2.24) is 10.3 Å². The van der Waals surface area contributed by atoms with E-state index in [0.717, 1.165) is 11.8 Å². The summed E-state index contributed by atoms with van der Waals surface area (Å²) in [6.45, 7) is 3.47. The van der Waals surface area contributed by atoms with Gasteiger partial charge in [-0.05, 0) is 43.7 Å². The van der Waals surface area contributed by atoms with E-state index in [4.69, 9.17) is 0 Å². The van der Waals surface area contributed by atoms with Crippen molar-refractivity contribution in [3.63, 3.8) is 0 Å². The molecule has 30 heavy (non-hydrogen) atoms. The molecule has 1 heterocycles. The van der Waals surface area contributed by atoms with Crippen LogP contribution in [-0.4, -0.2) is 50.3 Å². The standard InChI is InChI=1S/C21H24N4O4S/c1-14-20(26)25(17-8-6-5-7-9-17)23-19(22-14)21(27)24(3)15(2)16-10-12-18(13-11-16)30(4,28)29/h5-15H,1-4H3,(H,22,23)/t14-,15+/m1/s1. The largest absolute Gasteiger partial charge is 0.332 e. The Kier molecular flexibility index (Phi) is 5.93. The number of nitrogens with zero attached hydrogens (tertiary/aromatic N) is 3. The van der Waals surface area contributed by atoms with Crippen molar-refractivity contribution in [2.45, 2.75) is 30.8 Å². The predicted octanol–water partition coefficient (Wildman–Crippen LogP) is 1.95. The van der Waals surface area contributed by atoms with E-state index in [1.165, 1.54) is 22.0 Å². The van der Waals surface area contributed by atoms with Gasteiger partial charge in [0.05, 0.1) is 16.6 Å². The van der Waals surface area contributed by atoms with E-state index in [0.29, 0.717) is 5.69 Å². The van der Waals surface area contributed by atoms with Crippen LogP contribution in [0.15, 0.2) is 64.5 Å². The zero-order chi connectivity index (χ0) is 22.1. The topological polar surface area (TPSA) is 99.2 Å². The fraction of sp³-hybridized carbons (Fsp3) is 0.286. The van der Waals surface area contributed by atoms with E-state index in [9.17, 15) is 18.0 Å². The Morgan fingerprint density at radius 2 is 1.73 bits per heavy atom. The molecular formula is C21H24N4O4S. The third-order valence-electron chi connectivity index (χ3n) is 5.03. The van der Waals surface area contributed by atoms with Gasteiger partial charge in [0, 0.05) is 13.3 Å². The molecule has 8 nitrogen and oxygen atoms in total. The minimum atomic E-state index is -3.29. The molecule has 2 amide bonds. The maximum atomic E-state index is 13.1. The van der Waals surface area contributed by atoms with Crippen molar-refractivity contribution in [2.75, 3.05) is 18.3 Å². The minimum Gasteiger partial charge on any atom is -0.332 e. The van der Waals surface area contributed by atoms with Crippen LogP contribution in [0.1, 0.15) is 25.5 Å². The van der Waals surface area contributed by atoms with Gasteiger partial charge in [-0.1, -0.05) is 30.3 Å². The number of rotatable bonds is 5. The number of carbonyl (C=O) groups excluding carboxylic acids is 2. The molecule has 0 saturated carbocycles. The first kappa shape index (κ1) is 21.5. The lowest BCUT2D eigenvalue weighted by atomic mass is 10.1. The van der Waals surface area contributed by atoms with E-state index < -0.39 is 15.9 Å². The zero-order valence-electron chi connectivity index (χ0n) is 17.2. The second kappa shape index (κ2) is 8.27. The fourth-order valence-corrected chi connectivity index (χ4v) is 3.69. The zero-order valence-corrected chi connectivity index (χ0v) is 18.1. The van der Waals surface area contributed by atoms with Gasteiger partial charge in [-0.3, -0.25) is 15.0 Å². The molecule has 0 spiro atoms. The highest BCUT2D eigenvalue weighted by atomic mass is 32.2. The number of likely N-dealkylation sites (N-methyl/N-ethyl adjacent to an activating group) is 1. The third kappa shape index (κ3) is 4.35. The number of hydrogen-bond donors (Lipinski definition) is 1. The summed E-state index contributed by atoms with van der Waals surface area (Å²) >= 11 is 0. The van der Waals surface area contributed by atoms with Gasteiger partial charge in [-0.15, -0.1) is 0 Å². The molecule has 0 fully saturated rings. The second-order valence-electron chi connectivity index (χ2n) is 7.21. The summed E-state index contributed by atoms with van der Waals surface area (Å²) in [4.78, 5) is 31.5. The summed E-state index contributed by atoms with van der Waals surface area (Å²) in [6.07, 6.45) is 1.15. The number of nitrogens with one attached hydrogen (secondary N) is 1. The fourth-order valence-electron chi connectivity index (χ4n) is 3.06. The van der Waals surface area contributed by atoms with Crippen molar-refractivity contribution >= 4 is 33.2 Å². The molecule has 0 unspecified atom stereocenters. The van der Waals surface area contributed by atoms with Gasteiger partial charge in [0.15, 0.2) is 9.84 Å². The van der Waals surface area contributed by atoms with Crippen LogP contribution in [-0.2, 0) is 19.4 Å². The number of anilines is 1. The number of aliphatic imine (C=N–C) groups is 1. The lowest BCUT2D eigenvalue weighted by molar-refractivity contribution is -0.125. The molecule has 3 rings (SSSR count). The Labute approximate surface area is 176 Å². The van der Waals surface area contributed by atoms with Gasteiger partial charge in [-0.2, -0.15) is 0 Å². The van der Waals surface area contributed by atoms with Crippen molar-refractivity contribution in [2.24, 2.45) is 4.99 Å². The third-order valence-corrected chi connectivity index (χ3v) is 6.16. The first-order valence-electron chi connectivity index (χ1n) is 9.40. The van der Waals surface area contributed by atoms with E-state index in [-0.39, 0.29) is 28.6 Å². The van der Waals surface area contributed by atoms with Crippen LogP contribution in [0.3, 0.4) is 0 Å². The van der Waals surface area contributed by atoms with Gasteiger partial charge >= 0.3 is 0 Å². The first-order chi connectivity index (χ1) is 14.1. The number of benzene rings is 2. The average molecular weight is 429 g/mol. The first-order valence-corrected chi connectivity index (χ1v) is 11.3. The Balaban J connectivity index is 1.81. The van der Waals surface area contributed by atoms with Crippen LogP contribution in [0.4, 0.5) is 5.69 Å². The molecule has 9 heteroatoms. The maximum absolute atomic E-state index is 13.1. The lowest BCUT2D eigenvalue weighted by Crippen LogP contribution is -2.58. The summed E-state index contributed by atoms with van der Waals surface area (Å²) in [5, 5.41) is 1.32. The van der Waals surface area contributed by atoms with Crippen LogP contribution in [0.25, 0.3) is 0 Å². The van der Waals surface area contributed by atoms with Crippen molar-refractivity contribution in [3.8, 4) is 0 Å². The average Bonchev–Trinajstić information content (AvgIpc) is 2.74. The maximum Gasteiger partial charge on any atom is 0.290 e. The highest BCUT2D eigenvalue weighted by Gasteiger charge is 2.33. The van der Waals surface area contributed by atoms with E-state index in [1.54, 1.807) is 50.4 Å². The van der Waals surface area contributed by atoms with Gasteiger partial charge in [0.25, 0.3) is 11.8 Å². The molecule has 0 aromatic heterocycles. The predicted molar refractivity (Wildman–Crippen MR) is 115 cm³/mol. The van der Waals surface area contributed by atoms with E-state index >= 15 is 0 Å². The summed E-state index contributed by atoms with van der Waals surface area (Å²) in [7, 11) is -1.66. The summed E-state index contributed by atoms with van der Waals surface area (Å²) in [5.74, 6) is -0.576. The highest BCUT2D eigenvalue weighted by molar-refractivity contribution is 7.90. The molecule has 2 aromatic carbocycles. The number of hydrazine groups is 1. The van der Waals surface area contributed by atoms with E-state index in [1.807, 2.05) is 13.0 Å². The van der Waals surface area contributed by atoms with Gasteiger partial charge in [0.1, 0.15) is 6.04 Å². The normalized spacial score (nSPS) is 17.7. The number of carbonyl (C=O) groups is 2. The molecule has 0 radical (unpaired) electrons. The Morgan fingerprint density at radius 3 is 2.30 bits per heavy atom. The molecule has 0 saturated heterocycles. The van der Waals surface area contributed by atoms with Gasteiger partial charge in [-0.25, -0.2) is 18.4 Å². The molecule has 2 atom stereocenters. The number of hydrogen-bond acceptors (Lipinski definition) is 6. The molecule has 1 aliphatic rings. The number of amidine groups is 1. The number of sulfone groups is 1. The van der Waals surface area contributed by atoms with Crippen LogP contribution in [0.5, 0.6) is 0 Å². The van der Waals surface area contributed by atoms with Gasteiger partial charge < -0.3 is 4.90 Å². The van der Waals surface area contributed by atoms with Gasteiger partial charge in [0.2, 0.25) is 5.84 Å². The van der Waals surface area contributed by atoms with E-state index in [2.05, 4.69) is 10.4 Å². The summed E-state index contributed by atoms with van der Waals surface area (Å²) < 4.78 is 23.3. The lowest BCUT2D eigenvalue weighted by Gasteiger charge is -2.33. The number of amides is 2. The molecule has 0 aliphatic carbocycles. The smallest absolute Gasteiger partial charge is 0.290 e. The number of para-hydroxylation sites is 1. The van der Waals surface area contributed by atoms with Crippen molar-refractivity contribution < 1.29 is 18.0 Å². The minimum absolute atomic E-state index is 0.0630. The molecule has 0 bridgehead atoms. The van der Waals surface area contributed by atoms with Crippen LogP contribution in [0, 0.1) is 0 Å². The molecule has 1 N–H and O–H groups in total. The molecule has 158 valence electrons.